The number of aliphatic hydroxyl groups is 1. The predicted molar refractivity (Wildman–Crippen MR) is 99.8 cm³/mol. The van der Waals surface area contributed by atoms with Crippen molar-refractivity contribution in [3.63, 3.8) is 0 Å². The molecule has 0 rings (SSSR count). The van der Waals surface area contributed by atoms with E-state index in [9.17, 15) is 9.59 Å². The number of aliphatic hydroxyl groups excluding tert-OH is 1. The van der Waals surface area contributed by atoms with Crippen molar-refractivity contribution in [1.29, 1.82) is 0 Å². The number of aliphatic carboxylic acids is 2. The first kappa shape index (κ1) is 23.9. The molecule has 0 fully saturated rings. The Morgan fingerprint density at radius 2 is 0.880 bits per heavy atom. The van der Waals surface area contributed by atoms with Gasteiger partial charge in [-0.2, -0.15) is 0 Å². The third-order valence-corrected chi connectivity index (χ3v) is 4.65. The number of hydrogen-bond donors (Lipinski definition) is 3. The van der Waals surface area contributed by atoms with Gasteiger partial charge in [0.15, 0.2) is 6.10 Å². The Morgan fingerprint density at radius 3 is 1.20 bits per heavy atom. The molecule has 0 aliphatic carbocycles. The van der Waals surface area contributed by atoms with Crippen LogP contribution in [0.3, 0.4) is 0 Å². The maximum atomic E-state index is 10.4. The van der Waals surface area contributed by atoms with Crippen molar-refractivity contribution in [2.75, 3.05) is 0 Å². The van der Waals surface area contributed by atoms with Crippen LogP contribution in [0.1, 0.15) is 109 Å². The van der Waals surface area contributed by atoms with Crippen LogP contribution in [0.2, 0.25) is 0 Å². The minimum absolute atomic E-state index is 0.310. The Kier molecular flexibility index (Phi) is 16.9. The fourth-order valence-corrected chi connectivity index (χ4v) is 3.04. The molecule has 0 saturated carbocycles. The summed E-state index contributed by atoms with van der Waals surface area (Å²) in [5.41, 5.74) is 0. The zero-order chi connectivity index (χ0) is 18.8. The van der Waals surface area contributed by atoms with Gasteiger partial charge in [-0.15, -0.1) is 0 Å². The molecule has 5 nitrogen and oxygen atoms in total. The largest absolute Gasteiger partial charge is 0.481 e. The minimum Gasteiger partial charge on any atom is -0.481 e. The lowest BCUT2D eigenvalue weighted by atomic mass is 10.0. The summed E-state index contributed by atoms with van der Waals surface area (Å²) < 4.78 is 0. The van der Waals surface area contributed by atoms with Crippen molar-refractivity contribution in [2.45, 2.75) is 115 Å². The zero-order valence-electron chi connectivity index (χ0n) is 15.8. The van der Waals surface area contributed by atoms with E-state index in [0.717, 1.165) is 38.5 Å². The summed E-state index contributed by atoms with van der Waals surface area (Å²) in [4.78, 5) is 20.8. The number of carboxylic acid groups (broad SMARTS) is 2. The maximum absolute atomic E-state index is 10.4. The lowest BCUT2D eigenvalue weighted by Crippen LogP contribution is -2.18. The zero-order valence-corrected chi connectivity index (χ0v) is 15.8. The van der Waals surface area contributed by atoms with E-state index in [-0.39, 0.29) is 0 Å². The van der Waals surface area contributed by atoms with Gasteiger partial charge in [-0.1, -0.05) is 89.9 Å². The topological polar surface area (TPSA) is 94.8 Å². The second-order valence-electron chi connectivity index (χ2n) is 7.09. The first-order valence-electron chi connectivity index (χ1n) is 10.2. The fourth-order valence-electron chi connectivity index (χ4n) is 3.04. The highest BCUT2D eigenvalue weighted by atomic mass is 16.4. The van der Waals surface area contributed by atoms with Crippen LogP contribution in [0.15, 0.2) is 0 Å². The third-order valence-electron chi connectivity index (χ3n) is 4.65. The molecular formula is C20H38O5. The predicted octanol–water partition coefficient (Wildman–Crippen LogP) is 5.15. The monoisotopic (exact) mass is 358 g/mol. The van der Waals surface area contributed by atoms with Gasteiger partial charge in [-0.3, -0.25) is 4.79 Å². The van der Waals surface area contributed by atoms with Crippen molar-refractivity contribution in [3.05, 3.63) is 0 Å². The van der Waals surface area contributed by atoms with Gasteiger partial charge in [-0.05, 0) is 12.8 Å². The Hall–Kier alpha value is -1.10. The molecule has 0 aromatic rings. The smallest absolute Gasteiger partial charge is 0.332 e. The van der Waals surface area contributed by atoms with Crippen LogP contribution in [0.4, 0.5) is 0 Å². The summed E-state index contributed by atoms with van der Waals surface area (Å²) in [6.07, 6.45) is 16.9. The molecule has 0 amide bonds. The Labute approximate surface area is 152 Å². The van der Waals surface area contributed by atoms with Gasteiger partial charge < -0.3 is 15.3 Å². The molecule has 0 saturated heterocycles. The van der Waals surface area contributed by atoms with Gasteiger partial charge in [0.25, 0.3) is 0 Å². The van der Waals surface area contributed by atoms with E-state index in [1.165, 1.54) is 57.8 Å². The normalized spacial score (nSPS) is 12.2. The van der Waals surface area contributed by atoms with Crippen molar-refractivity contribution < 1.29 is 24.9 Å². The first-order valence-corrected chi connectivity index (χ1v) is 10.2. The SMILES string of the molecule is O=C(O)CCCCCCCCCCCCCCCCCC(O)C(=O)O. The van der Waals surface area contributed by atoms with Crippen LogP contribution in [0, 0.1) is 0 Å². The average Bonchev–Trinajstić information content (AvgIpc) is 2.57. The highest BCUT2D eigenvalue weighted by Gasteiger charge is 2.11. The van der Waals surface area contributed by atoms with E-state index in [4.69, 9.17) is 15.3 Å². The number of unbranched alkanes of at least 4 members (excludes halogenated alkanes) is 14. The van der Waals surface area contributed by atoms with E-state index in [1.54, 1.807) is 0 Å². The second-order valence-corrected chi connectivity index (χ2v) is 7.09. The van der Waals surface area contributed by atoms with Gasteiger partial charge in [0.1, 0.15) is 0 Å². The Bertz CT molecular complexity index is 330. The summed E-state index contributed by atoms with van der Waals surface area (Å²) in [6, 6.07) is 0. The minimum atomic E-state index is -1.19. The molecule has 0 heterocycles. The highest BCUT2D eigenvalue weighted by molar-refractivity contribution is 5.71. The molecular weight excluding hydrogens is 320 g/mol. The van der Waals surface area contributed by atoms with Crippen molar-refractivity contribution in [3.8, 4) is 0 Å². The highest BCUT2D eigenvalue weighted by Crippen LogP contribution is 2.14. The van der Waals surface area contributed by atoms with Crippen LogP contribution in [-0.2, 0) is 9.59 Å². The molecule has 148 valence electrons. The quantitative estimate of drug-likeness (QED) is 0.278. The van der Waals surface area contributed by atoms with Gasteiger partial charge in [0.2, 0.25) is 0 Å². The summed E-state index contributed by atoms with van der Waals surface area (Å²) in [5, 5.41) is 26.2. The number of carboxylic acids is 2. The second kappa shape index (κ2) is 17.7. The number of rotatable bonds is 19. The van der Waals surface area contributed by atoms with Gasteiger partial charge in [0, 0.05) is 6.42 Å². The summed E-state index contributed by atoms with van der Waals surface area (Å²) >= 11 is 0. The molecule has 0 radical (unpaired) electrons. The lowest BCUT2D eigenvalue weighted by Gasteiger charge is -2.05. The van der Waals surface area contributed by atoms with E-state index < -0.39 is 18.0 Å². The fraction of sp³-hybridized carbons (Fsp3) is 0.900. The number of carbonyl (C=O) groups is 2. The summed E-state index contributed by atoms with van der Waals surface area (Å²) in [7, 11) is 0. The lowest BCUT2D eigenvalue weighted by molar-refractivity contribution is -0.147. The van der Waals surface area contributed by atoms with Crippen LogP contribution in [0.5, 0.6) is 0 Å². The molecule has 3 N–H and O–H groups in total. The molecule has 1 unspecified atom stereocenters. The first-order chi connectivity index (χ1) is 12.0. The van der Waals surface area contributed by atoms with Crippen molar-refractivity contribution in [2.24, 2.45) is 0 Å². The molecule has 0 aromatic heterocycles. The molecule has 1 atom stereocenters. The van der Waals surface area contributed by atoms with E-state index in [0.29, 0.717) is 12.8 Å². The molecule has 0 bridgehead atoms. The number of hydrogen-bond acceptors (Lipinski definition) is 3. The molecule has 0 aliphatic heterocycles. The summed E-state index contributed by atoms with van der Waals surface area (Å²) in [6.45, 7) is 0. The van der Waals surface area contributed by atoms with Crippen LogP contribution in [-0.4, -0.2) is 33.4 Å². The molecule has 5 heteroatoms. The average molecular weight is 359 g/mol. The van der Waals surface area contributed by atoms with Gasteiger partial charge in [-0.25, -0.2) is 4.79 Å². The van der Waals surface area contributed by atoms with E-state index in [1.807, 2.05) is 0 Å². The van der Waals surface area contributed by atoms with E-state index >= 15 is 0 Å². The summed E-state index contributed by atoms with van der Waals surface area (Å²) in [5.74, 6) is -1.80. The van der Waals surface area contributed by atoms with Crippen LogP contribution in [0.25, 0.3) is 0 Å². The molecule has 0 aliphatic rings. The van der Waals surface area contributed by atoms with Crippen LogP contribution >= 0.6 is 0 Å². The Balaban J connectivity index is 3.07. The molecule has 25 heavy (non-hydrogen) atoms. The maximum Gasteiger partial charge on any atom is 0.332 e. The van der Waals surface area contributed by atoms with Gasteiger partial charge >= 0.3 is 11.9 Å². The van der Waals surface area contributed by atoms with Crippen molar-refractivity contribution >= 4 is 11.9 Å². The Morgan fingerprint density at radius 1 is 0.560 bits per heavy atom. The van der Waals surface area contributed by atoms with E-state index in [2.05, 4.69) is 0 Å². The van der Waals surface area contributed by atoms with Crippen LogP contribution < -0.4 is 0 Å². The molecule has 0 aromatic carbocycles. The standard InChI is InChI=1S/C20H38O5/c21-18(20(24)25)16-14-12-10-8-6-4-2-1-3-5-7-9-11-13-15-17-19(22)23/h18,21H,1-17H2,(H,22,23)(H,24,25). The van der Waals surface area contributed by atoms with Crippen molar-refractivity contribution in [1.82, 2.24) is 0 Å². The molecule has 0 spiro atoms. The third kappa shape index (κ3) is 19.1. The van der Waals surface area contributed by atoms with Gasteiger partial charge in [0.05, 0.1) is 0 Å².